The topological polar surface area (TPSA) is 75.4 Å². The zero-order valence-electron chi connectivity index (χ0n) is 15.7. The number of hydrogen-bond donors (Lipinski definition) is 2. The average Bonchev–Trinajstić information content (AvgIpc) is 2.60. The number of rotatable bonds is 8. The third-order valence-corrected chi connectivity index (χ3v) is 4.70. The van der Waals surface area contributed by atoms with Gasteiger partial charge in [0.05, 0.1) is 5.41 Å². The van der Waals surface area contributed by atoms with Gasteiger partial charge in [-0.15, -0.1) is 12.4 Å². The van der Waals surface area contributed by atoms with Crippen molar-refractivity contribution < 1.29 is 22.8 Å². The lowest BCUT2D eigenvalue weighted by Crippen LogP contribution is -2.41. The van der Waals surface area contributed by atoms with Gasteiger partial charge in [0, 0.05) is 25.3 Å². The summed E-state index contributed by atoms with van der Waals surface area (Å²) in [6.07, 6.45) is -3.75. The Hall–Kier alpha value is -1.80. The number of halogens is 4. The van der Waals surface area contributed by atoms with Crippen molar-refractivity contribution in [2.75, 3.05) is 18.4 Å². The van der Waals surface area contributed by atoms with Crippen molar-refractivity contribution >= 4 is 29.9 Å². The molecule has 0 aliphatic carbocycles. The van der Waals surface area contributed by atoms with Crippen molar-refractivity contribution in [3.63, 3.8) is 0 Å². The highest BCUT2D eigenvalue weighted by Crippen LogP contribution is 2.27. The van der Waals surface area contributed by atoms with Gasteiger partial charge in [-0.3, -0.25) is 9.59 Å². The van der Waals surface area contributed by atoms with Crippen LogP contribution >= 0.6 is 12.4 Å². The van der Waals surface area contributed by atoms with Crippen LogP contribution in [0.3, 0.4) is 0 Å². The lowest BCUT2D eigenvalue weighted by Gasteiger charge is -2.28. The minimum atomic E-state index is -4.91. The molecule has 0 atom stereocenters. The maximum atomic E-state index is 12.6. The van der Waals surface area contributed by atoms with Crippen LogP contribution in [0.25, 0.3) is 0 Å². The first-order valence-electron chi connectivity index (χ1n) is 8.60. The summed E-state index contributed by atoms with van der Waals surface area (Å²) in [5.41, 5.74) is 6.03. The Morgan fingerprint density at radius 3 is 2.19 bits per heavy atom. The highest BCUT2D eigenvalue weighted by atomic mass is 35.5. The number of nitrogens with two attached hydrogens (primary N) is 1. The van der Waals surface area contributed by atoms with Crippen LogP contribution in [0.4, 0.5) is 18.9 Å². The molecular formula is C18H27ClF3N3O2. The first-order valence-corrected chi connectivity index (χ1v) is 8.60. The summed E-state index contributed by atoms with van der Waals surface area (Å²) in [5, 5.41) is 2.78. The molecule has 0 bridgehead atoms. The molecule has 154 valence electrons. The van der Waals surface area contributed by atoms with Gasteiger partial charge < -0.3 is 16.0 Å². The Balaban J connectivity index is 0.00000676. The second-order valence-corrected chi connectivity index (χ2v) is 6.16. The molecule has 0 saturated carbocycles. The van der Waals surface area contributed by atoms with Crippen molar-refractivity contribution in [3.8, 4) is 0 Å². The normalized spacial score (nSPS) is 11.5. The second-order valence-electron chi connectivity index (χ2n) is 6.16. The van der Waals surface area contributed by atoms with Crippen molar-refractivity contribution in [2.45, 2.75) is 46.3 Å². The third kappa shape index (κ3) is 6.39. The van der Waals surface area contributed by atoms with E-state index >= 15 is 0 Å². The number of nitrogens with zero attached hydrogens (tertiary/aromatic N) is 1. The Labute approximate surface area is 163 Å². The van der Waals surface area contributed by atoms with Crippen LogP contribution in [0.1, 0.15) is 39.2 Å². The highest BCUT2D eigenvalue weighted by Gasteiger charge is 2.42. The molecular weight excluding hydrogens is 383 g/mol. The van der Waals surface area contributed by atoms with E-state index in [2.05, 4.69) is 5.32 Å². The van der Waals surface area contributed by atoms with E-state index in [1.54, 1.807) is 24.3 Å². The van der Waals surface area contributed by atoms with E-state index in [9.17, 15) is 22.8 Å². The van der Waals surface area contributed by atoms with Gasteiger partial charge in [-0.1, -0.05) is 26.0 Å². The standard InChI is InChI=1S/C18H26F3N3O2.ClH/c1-4-17(5-2,12-22)15(25)23-14-9-7-8-13(10-14)11-24(6-3)16(26)18(19,20)21;/h7-10H,4-6,11-12,22H2,1-3H3,(H,23,25);1H. The van der Waals surface area contributed by atoms with E-state index in [1.807, 2.05) is 13.8 Å². The van der Waals surface area contributed by atoms with E-state index in [1.165, 1.54) is 6.92 Å². The summed E-state index contributed by atoms with van der Waals surface area (Å²) in [4.78, 5) is 24.7. The number of carbonyl (C=O) groups excluding carboxylic acids is 2. The van der Waals surface area contributed by atoms with Gasteiger partial charge in [0.2, 0.25) is 5.91 Å². The van der Waals surface area contributed by atoms with Gasteiger partial charge in [-0.2, -0.15) is 13.2 Å². The fourth-order valence-corrected chi connectivity index (χ4v) is 2.69. The average molecular weight is 410 g/mol. The quantitative estimate of drug-likeness (QED) is 0.687. The summed E-state index contributed by atoms with van der Waals surface area (Å²) in [6.45, 7) is 5.18. The highest BCUT2D eigenvalue weighted by molar-refractivity contribution is 5.95. The molecule has 0 aliphatic heterocycles. The summed E-state index contributed by atoms with van der Waals surface area (Å²) >= 11 is 0. The predicted molar refractivity (Wildman–Crippen MR) is 102 cm³/mol. The summed E-state index contributed by atoms with van der Waals surface area (Å²) in [7, 11) is 0. The zero-order valence-corrected chi connectivity index (χ0v) is 16.5. The van der Waals surface area contributed by atoms with Gasteiger partial charge in [-0.05, 0) is 37.5 Å². The minimum absolute atomic E-state index is 0. The molecule has 1 rings (SSSR count). The number of carbonyl (C=O) groups is 2. The van der Waals surface area contributed by atoms with E-state index in [0.29, 0.717) is 29.0 Å². The molecule has 1 aromatic rings. The maximum absolute atomic E-state index is 12.6. The lowest BCUT2D eigenvalue weighted by atomic mass is 9.81. The van der Waals surface area contributed by atoms with E-state index < -0.39 is 17.5 Å². The Morgan fingerprint density at radius 1 is 1.15 bits per heavy atom. The Bertz CT molecular complexity index is 626. The van der Waals surface area contributed by atoms with Gasteiger partial charge in [0.1, 0.15) is 0 Å². The lowest BCUT2D eigenvalue weighted by molar-refractivity contribution is -0.185. The molecule has 27 heavy (non-hydrogen) atoms. The Kier molecular flexibility index (Phi) is 9.81. The first kappa shape index (κ1) is 25.2. The molecule has 0 aromatic heterocycles. The molecule has 3 N–H and O–H groups in total. The third-order valence-electron chi connectivity index (χ3n) is 4.70. The van der Waals surface area contributed by atoms with Gasteiger partial charge >= 0.3 is 12.1 Å². The first-order chi connectivity index (χ1) is 12.1. The monoisotopic (exact) mass is 409 g/mol. The molecule has 9 heteroatoms. The van der Waals surface area contributed by atoms with E-state index in [-0.39, 0.29) is 37.9 Å². The molecule has 0 radical (unpaired) electrons. The second kappa shape index (κ2) is 10.5. The number of amides is 2. The molecule has 5 nitrogen and oxygen atoms in total. The summed E-state index contributed by atoms with van der Waals surface area (Å²) in [5.74, 6) is -2.10. The number of benzene rings is 1. The molecule has 0 unspecified atom stereocenters. The molecule has 1 aromatic carbocycles. The van der Waals surface area contributed by atoms with E-state index in [0.717, 1.165) is 0 Å². The minimum Gasteiger partial charge on any atom is -0.331 e. The molecule has 2 amide bonds. The zero-order chi connectivity index (χ0) is 20.0. The SMILES string of the molecule is CCN(Cc1cccc(NC(=O)C(CC)(CC)CN)c1)C(=O)C(F)(F)F.Cl. The fourth-order valence-electron chi connectivity index (χ4n) is 2.69. The van der Waals surface area contributed by atoms with Crippen LogP contribution in [0.2, 0.25) is 0 Å². The van der Waals surface area contributed by atoms with Crippen LogP contribution in [0.15, 0.2) is 24.3 Å². The van der Waals surface area contributed by atoms with Gasteiger partial charge in [-0.25, -0.2) is 0 Å². The van der Waals surface area contributed by atoms with Gasteiger partial charge in [0.15, 0.2) is 0 Å². The van der Waals surface area contributed by atoms with Crippen LogP contribution in [0.5, 0.6) is 0 Å². The summed E-state index contributed by atoms with van der Waals surface area (Å²) < 4.78 is 37.9. The van der Waals surface area contributed by atoms with Crippen molar-refractivity contribution in [1.29, 1.82) is 0 Å². The van der Waals surface area contributed by atoms with Crippen LogP contribution in [-0.2, 0) is 16.1 Å². The number of hydrogen-bond acceptors (Lipinski definition) is 3. The predicted octanol–water partition coefficient (Wildman–Crippen LogP) is 3.72. The molecule has 0 heterocycles. The van der Waals surface area contributed by atoms with Gasteiger partial charge in [0.25, 0.3) is 0 Å². The fraction of sp³-hybridized carbons (Fsp3) is 0.556. The number of nitrogens with one attached hydrogen (secondary N) is 1. The number of alkyl halides is 3. The van der Waals surface area contributed by atoms with Crippen LogP contribution < -0.4 is 11.1 Å². The molecule has 0 spiro atoms. The van der Waals surface area contributed by atoms with Crippen molar-refractivity contribution in [3.05, 3.63) is 29.8 Å². The number of anilines is 1. The smallest absolute Gasteiger partial charge is 0.331 e. The largest absolute Gasteiger partial charge is 0.471 e. The summed E-state index contributed by atoms with van der Waals surface area (Å²) in [6, 6.07) is 6.45. The molecule has 0 aliphatic rings. The maximum Gasteiger partial charge on any atom is 0.471 e. The van der Waals surface area contributed by atoms with Crippen LogP contribution in [-0.4, -0.2) is 36.0 Å². The van der Waals surface area contributed by atoms with Crippen molar-refractivity contribution in [2.24, 2.45) is 11.1 Å². The van der Waals surface area contributed by atoms with Crippen LogP contribution in [0, 0.1) is 5.41 Å². The van der Waals surface area contributed by atoms with E-state index in [4.69, 9.17) is 5.73 Å². The Morgan fingerprint density at radius 2 is 1.74 bits per heavy atom. The molecule has 0 fully saturated rings. The van der Waals surface area contributed by atoms with Crippen molar-refractivity contribution in [1.82, 2.24) is 4.90 Å². The molecule has 0 saturated heterocycles.